The molecule has 0 bridgehead atoms. The summed E-state index contributed by atoms with van der Waals surface area (Å²) >= 11 is 0. The van der Waals surface area contributed by atoms with E-state index >= 15 is 0 Å². The second-order valence-corrected chi connectivity index (χ2v) is 6.47. The minimum absolute atomic E-state index is 0.0430. The van der Waals surface area contributed by atoms with E-state index in [1.807, 2.05) is 11.8 Å². The van der Waals surface area contributed by atoms with Gasteiger partial charge in [0, 0.05) is 25.6 Å². The van der Waals surface area contributed by atoms with Crippen molar-refractivity contribution in [1.29, 1.82) is 0 Å². The number of amides is 2. The Morgan fingerprint density at radius 3 is 2.76 bits per heavy atom. The van der Waals surface area contributed by atoms with E-state index < -0.39 is 0 Å². The highest BCUT2D eigenvalue weighted by Crippen LogP contribution is 2.26. The molecule has 0 aromatic rings. The van der Waals surface area contributed by atoms with E-state index in [1.165, 1.54) is 0 Å². The van der Waals surface area contributed by atoms with Gasteiger partial charge in [-0.3, -0.25) is 9.59 Å². The van der Waals surface area contributed by atoms with Crippen LogP contribution in [0.1, 0.15) is 51.9 Å². The first-order valence-corrected chi connectivity index (χ1v) is 8.44. The zero-order valence-electron chi connectivity index (χ0n) is 13.1. The van der Waals surface area contributed by atoms with Gasteiger partial charge in [0.25, 0.3) is 0 Å². The van der Waals surface area contributed by atoms with Crippen molar-refractivity contribution in [3.8, 4) is 0 Å². The fourth-order valence-corrected chi connectivity index (χ4v) is 3.60. The maximum absolute atomic E-state index is 12.5. The van der Waals surface area contributed by atoms with Gasteiger partial charge in [0.1, 0.15) is 0 Å². The highest BCUT2D eigenvalue weighted by molar-refractivity contribution is 5.81. The Hall–Kier alpha value is -1.10. The Morgan fingerprint density at radius 2 is 2.05 bits per heavy atom. The van der Waals surface area contributed by atoms with Gasteiger partial charge in [0.2, 0.25) is 11.8 Å². The van der Waals surface area contributed by atoms with Gasteiger partial charge in [-0.1, -0.05) is 13.3 Å². The van der Waals surface area contributed by atoms with Gasteiger partial charge in [-0.2, -0.15) is 0 Å². The van der Waals surface area contributed by atoms with Crippen LogP contribution in [0.5, 0.6) is 0 Å². The number of hydrogen-bond donors (Lipinski definition) is 2. The monoisotopic (exact) mass is 295 g/mol. The lowest BCUT2D eigenvalue weighted by Gasteiger charge is -2.33. The largest absolute Gasteiger partial charge is 0.353 e. The number of piperidine rings is 1. The van der Waals surface area contributed by atoms with Crippen molar-refractivity contribution < 1.29 is 9.59 Å². The molecule has 1 heterocycles. The highest BCUT2D eigenvalue weighted by atomic mass is 16.2. The van der Waals surface area contributed by atoms with Crippen LogP contribution in [0.2, 0.25) is 0 Å². The van der Waals surface area contributed by atoms with E-state index in [9.17, 15) is 9.59 Å². The topological polar surface area (TPSA) is 75.4 Å². The normalized spacial score (nSPS) is 29.4. The molecular weight excluding hydrogens is 266 g/mol. The van der Waals surface area contributed by atoms with Crippen molar-refractivity contribution in [1.82, 2.24) is 10.2 Å². The van der Waals surface area contributed by atoms with Crippen LogP contribution in [0.4, 0.5) is 0 Å². The molecule has 2 rings (SSSR count). The summed E-state index contributed by atoms with van der Waals surface area (Å²) in [5.41, 5.74) is 5.77. The molecule has 1 saturated carbocycles. The van der Waals surface area contributed by atoms with E-state index in [4.69, 9.17) is 5.73 Å². The minimum Gasteiger partial charge on any atom is -0.353 e. The van der Waals surface area contributed by atoms with Crippen LogP contribution in [0, 0.1) is 11.8 Å². The molecule has 1 saturated heterocycles. The number of carbonyl (C=O) groups is 2. The molecule has 1 aliphatic heterocycles. The molecule has 2 aliphatic rings. The Labute approximate surface area is 127 Å². The molecule has 3 N–H and O–H groups in total. The zero-order valence-corrected chi connectivity index (χ0v) is 13.1. The number of nitrogens with zero attached hydrogens (tertiary/aromatic N) is 1. The highest BCUT2D eigenvalue weighted by Gasteiger charge is 2.32. The van der Waals surface area contributed by atoms with Crippen molar-refractivity contribution in [2.24, 2.45) is 17.6 Å². The van der Waals surface area contributed by atoms with Gasteiger partial charge >= 0.3 is 0 Å². The minimum atomic E-state index is -0.0430. The summed E-state index contributed by atoms with van der Waals surface area (Å²) in [6, 6.07) is 0.240. The Balaban J connectivity index is 1.85. The van der Waals surface area contributed by atoms with Crippen molar-refractivity contribution in [3.63, 3.8) is 0 Å². The molecule has 0 aromatic heterocycles. The lowest BCUT2D eigenvalue weighted by molar-refractivity contribution is -0.136. The summed E-state index contributed by atoms with van der Waals surface area (Å²) < 4.78 is 0. The second-order valence-electron chi connectivity index (χ2n) is 6.47. The van der Waals surface area contributed by atoms with E-state index in [1.54, 1.807) is 0 Å². The van der Waals surface area contributed by atoms with Gasteiger partial charge in [0.05, 0.1) is 5.92 Å². The summed E-state index contributed by atoms with van der Waals surface area (Å²) in [4.78, 5) is 26.3. The predicted molar refractivity (Wildman–Crippen MR) is 82.5 cm³/mol. The van der Waals surface area contributed by atoms with Crippen LogP contribution in [0.25, 0.3) is 0 Å². The van der Waals surface area contributed by atoms with Crippen LogP contribution in [0.15, 0.2) is 0 Å². The van der Waals surface area contributed by atoms with Gasteiger partial charge in [-0.25, -0.2) is 0 Å². The average molecular weight is 295 g/mol. The van der Waals surface area contributed by atoms with E-state index in [-0.39, 0.29) is 23.8 Å². The van der Waals surface area contributed by atoms with E-state index in [0.717, 1.165) is 45.1 Å². The molecule has 5 heteroatoms. The van der Waals surface area contributed by atoms with E-state index in [2.05, 4.69) is 5.32 Å². The molecule has 0 spiro atoms. The molecule has 120 valence electrons. The fraction of sp³-hybridized carbons (Fsp3) is 0.875. The molecule has 21 heavy (non-hydrogen) atoms. The number of likely N-dealkylation sites (tertiary alicyclic amines) is 1. The quantitative estimate of drug-likeness (QED) is 0.802. The molecule has 0 radical (unpaired) electrons. The summed E-state index contributed by atoms with van der Waals surface area (Å²) in [7, 11) is 0. The van der Waals surface area contributed by atoms with Gasteiger partial charge in [0.15, 0.2) is 0 Å². The van der Waals surface area contributed by atoms with Crippen LogP contribution >= 0.6 is 0 Å². The van der Waals surface area contributed by atoms with Gasteiger partial charge in [-0.05, 0) is 44.6 Å². The molecule has 2 amide bonds. The average Bonchev–Trinajstić information content (AvgIpc) is 2.94. The smallest absolute Gasteiger partial charge is 0.225 e. The summed E-state index contributed by atoms with van der Waals surface area (Å²) in [6.07, 6.45) is 6.59. The molecule has 3 unspecified atom stereocenters. The third-order valence-corrected chi connectivity index (χ3v) is 4.90. The maximum Gasteiger partial charge on any atom is 0.225 e. The molecule has 1 aliphatic carbocycles. The molecule has 0 aromatic carbocycles. The summed E-state index contributed by atoms with van der Waals surface area (Å²) in [5.74, 6) is 0.694. The lowest BCUT2D eigenvalue weighted by atomic mass is 9.95. The summed E-state index contributed by atoms with van der Waals surface area (Å²) in [6.45, 7) is 4.05. The van der Waals surface area contributed by atoms with Crippen molar-refractivity contribution in [2.45, 2.75) is 57.9 Å². The number of nitrogens with one attached hydrogen (secondary N) is 1. The predicted octanol–water partition coefficient (Wildman–Crippen LogP) is 1.27. The maximum atomic E-state index is 12.5. The first-order chi connectivity index (χ1) is 10.2. The van der Waals surface area contributed by atoms with Gasteiger partial charge in [-0.15, -0.1) is 0 Å². The molecular formula is C16H29N3O2. The van der Waals surface area contributed by atoms with Gasteiger partial charge < -0.3 is 16.0 Å². The molecule has 2 fully saturated rings. The first-order valence-electron chi connectivity index (χ1n) is 8.44. The lowest BCUT2D eigenvalue weighted by Crippen LogP contribution is -2.48. The van der Waals surface area contributed by atoms with Crippen LogP contribution in [-0.2, 0) is 9.59 Å². The Bertz CT molecular complexity index is 373. The number of rotatable bonds is 5. The van der Waals surface area contributed by atoms with Crippen molar-refractivity contribution in [3.05, 3.63) is 0 Å². The summed E-state index contributed by atoms with van der Waals surface area (Å²) in [5, 5.41) is 3.18. The second kappa shape index (κ2) is 7.78. The van der Waals surface area contributed by atoms with Crippen LogP contribution in [-0.4, -0.2) is 42.4 Å². The number of carbonyl (C=O) groups excluding carboxylic acids is 2. The van der Waals surface area contributed by atoms with E-state index in [0.29, 0.717) is 25.4 Å². The number of hydrogen-bond acceptors (Lipinski definition) is 3. The van der Waals surface area contributed by atoms with Crippen LogP contribution in [0.3, 0.4) is 0 Å². The Morgan fingerprint density at radius 1 is 1.24 bits per heavy atom. The Kier molecular flexibility index (Phi) is 6.03. The van der Waals surface area contributed by atoms with Crippen molar-refractivity contribution >= 4 is 11.8 Å². The standard InChI is InChI=1S/C16H29N3O2/c1-2-5-15(20)19-9-4-7-13(11-19)16(21)18-14-8-3-6-12(14)10-17/h12-14H,2-11,17H2,1H3,(H,18,21). The molecule has 3 atom stereocenters. The zero-order chi connectivity index (χ0) is 15.2. The third-order valence-electron chi connectivity index (χ3n) is 4.90. The molecule has 5 nitrogen and oxygen atoms in total. The third kappa shape index (κ3) is 4.19. The van der Waals surface area contributed by atoms with Crippen LogP contribution < -0.4 is 11.1 Å². The SMILES string of the molecule is CCCC(=O)N1CCCC(C(=O)NC2CCCC2CN)C1. The van der Waals surface area contributed by atoms with Crippen molar-refractivity contribution in [2.75, 3.05) is 19.6 Å². The number of nitrogens with two attached hydrogens (primary N) is 1. The first kappa shape index (κ1) is 16.3. The fourth-order valence-electron chi connectivity index (χ4n) is 3.60.